The number of hydrogen-bond acceptors (Lipinski definition) is 3. The van der Waals surface area contributed by atoms with E-state index in [4.69, 9.17) is 5.73 Å². The average molecular weight is 243 g/mol. The predicted octanol–water partition coefficient (Wildman–Crippen LogP) is 2.30. The van der Waals surface area contributed by atoms with E-state index in [0.717, 1.165) is 18.5 Å². The molecule has 0 unspecified atom stereocenters. The third-order valence-electron chi connectivity index (χ3n) is 2.78. The van der Waals surface area contributed by atoms with E-state index < -0.39 is 0 Å². The first kappa shape index (κ1) is 12.4. The minimum atomic E-state index is 0.0886. The van der Waals surface area contributed by atoms with E-state index in [9.17, 15) is 4.79 Å². The minimum absolute atomic E-state index is 0.0886. The standard InChI is InChI=1S/C14H17N3O/c1-2-9-17-13(7-8-16-17)14(18)10-11-3-5-12(15)6-4-11/h3-8H,2,9-10,15H2,1H3. The fraction of sp³-hybridized carbons (Fsp3) is 0.286. The van der Waals surface area contributed by atoms with E-state index in [0.29, 0.717) is 17.8 Å². The summed E-state index contributed by atoms with van der Waals surface area (Å²) in [7, 11) is 0. The van der Waals surface area contributed by atoms with Gasteiger partial charge in [0, 0.05) is 24.8 Å². The summed E-state index contributed by atoms with van der Waals surface area (Å²) in [6, 6.07) is 9.16. The highest BCUT2D eigenvalue weighted by Gasteiger charge is 2.12. The van der Waals surface area contributed by atoms with Gasteiger partial charge in [0.1, 0.15) is 5.69 Å². The van der Waals surface area contributed by atoms with Gasteiger partial charge in [-0.15, -0.1) is 0 Å². The van der Waals surface area contributed by atoms with Gasteiger partial charge in [-0.05, 0) is 30.2 Å². The maximum Gasteiger partial charge on any atom is 0.185 e. The zero-order chi connectivity index (χ0) is 13.0. The Kier molecular flexibility index (Phi) is 3.77. The van der Waals surface area contributed by atoms with Crippen molar-refractivity contribution in [1.29, 1.82) is 0 Å². The van der Waals surface area contributed by atoms with Crippen molar-refractivity contribution in [3.05, 3.63) is 47.8 Å². The first-order chi connectivity index (χ1) is 8.70. The molecule has 18 heavy (non-hydrogen) atoms. The highest BCUT2D eigenvalue weighted by atomic mass is 16.1. The van der Waals surface area contributed by atoms with Crippen LogP contribution >= 0.6 is 0 Å². The Balaban J connectivity index is 2.11. The number of nitrogens with two attached hydrogens (primary N) is 1. The van der Waals surface area contributed by atoms with E-state index in [1.807, 2.05) is 24.3 Å². The molecule has 4 heteroatoms. The summed E-state index contributed by atoms with van der Waals surface area (Å²) in [6.45, 7) is 2.84. The molecule has 2 aromatic rings. The topological polar surface area (TPSA) is 60.9 Å². The van der Waals surface area contributed by atoms with Crippen LogP contribution in [0.15, 0.2) is 36.5 Å². The number of anilines is 1. The average Bonchev–Trinajstić information content (AvgIpc) is 2.81. The molecule has 0 saturated carbocycles. The van der Waals surface area contributed by atoms with Gasteiger partial charge >= 0.3 is 0 Å². The summed E-state index contributed by atoms with van der Waals surface area (Å²) in [6.07, 6.45) is 3.02. The highest BCUT2D eigenvalue weighted by molar-refractivity contribution is 5.95. The zero-order valence-corrected chi connectivity index (χ0v) is 10.5. The van der Waals surface area contributed by atoms with E-state index in [1.165, 1.54) is 0 Å². The maximum atomic E-state index is 12.2. The second kappa shape index (κ2) is 5.49. The molecule has 0 amide bonds. The van der Waals surface area contributed by atoms with Crippen molar-refractivity contribution in [2.24, 2.45) is 0 Å². The molecular formula is C14H17N3O. The fourth-order valence-electron chi connectivity index (χ4n) is 1.87. The lowest BCUT2D eigenvalue weighted by Crippen LogP contribution is -2.12. The third kappa shape index (κ3) is 2.77. The molecule has 0 aliphatic carbocycles. The number of aryl methyl sites for hydroxylation is 1. The number of benzene rings is 1. The molecule has 1 heterocycles. The molecule has 0 spiro atoms. The van der Waals surface area contributed by atoms with Crippen molar-refractivity contribution in [2.75, 3.05) is 5.73 Å². The minimum Gasteiger partial charge on any atom is -0.399 e. The van der Waals surface area contributed by atoms with Crippen LogP contribution in [0.25, 0.3) is 0 Å². The molecule has 0 bridgehead atoms. The number of ketones is 1. The van der Waals surface area contributed by atoms with Gasteiger partial charge in [0.05, 0.1) is 0 Å². The Morgan fingerprint density at radius 3 is 2.67 bits per heavy atom. The lowest BCUT2D eigenvalue weighted by atomic mass is 10.1. The van der Waals surface area contributed by atoms with Crippen LogP contribution in [0, 0.1) is 0 Å². The fourth-order valence-corrected chi connectivity index (χ4v) is 1.87. The summed E-state index contributed by atoms with van der Waals surface area (Å²) in [5.74, 6) is 0.0886. The van der Waals surface area contributed by atoms with Crippen LogP contribution < -0.4 is 5.73 Å². The summed E-state index contributed by atoms with van der Waals surface area (Å²) in [4.78, 5) is 12.2. The van der Waals surface area contributed by atoms with Gasteiger partial charge in [0.15, 0.2) is 5.78 Å². The van der Waals surface area contributed by atoms with Gasteiger partial charge in [-0.1, -0.05) is 19.1 Å². The molecular weight excluding hydrogens is 226 g/mol. The van der Waals surface area contributed by atoms with Gasteiger partial charge in [0.2, 0.25) is 0 Å². The molecule has 0 atom stereocenters. The lowest BCUT2D eigenvalue weighted by Gasteiger charge is -2.05. The van der Waals surface area contributed by atoms with Gasteiger partial charge in [-0.25, -0.2) is 0 Å². The first-order valence-corrected chi connectivity index (χ1v) is 6.10. The molecule has 1 aromatic carbocycles. The highest BCUT2D eigenvalue weighted by Crippen LogP contribution is 2.10. The molecule has 0 radical (unpaired) electrons. The molecule has 0 saturated heterocycles. The molecule has 2 N–H and O–H groups in total. The third-order valence-corrected chi connectivity index (χ3v) is 2.78. The van der Waals surface area contributed by atoms with Gasteiger partial charge < -0.3 is 5.73 Å². The number of carbonyl (C=O) groups is 1. The van der Waals surface area contributed by atoms with E-state index in [2.05, 4.69) is 12.0 Å². The van der Waals surface area contributed by atoms with Crippen LogP contribution in [-0.4, -0.2) is 15.6 Å². The number of Topliss-reactive ketones (excluding diaryl/α,β-unsaturated/α-hetero) is 1. The van der Waals surface area contributed by atoms with Crippen molar-refractivity contribution in [3.8, 4) is 0 Å². The maximum absolute atomic E-state index is 12.2. The Bertz CT molecular complexity index is 528. The Hall–Kier alpha value is -2.10. The Labute approximate surface area is 106 Å². The molecule has 1 aromatic heterocycles. The summed E-state index contributed by atoms with van der Waals surface area (Å²) in [5, 5.41) is 4.16. The van der Waals surface area contributed by atoms with Crippen LogP contribution in [-0.2, 0) is 13.0 Å². The van der Waals surface area contributed by atoms with Gasteiger partial charge in [0.25, 0.3) is 0 Å². The Morgan fingerprint density at radius 1 is 1.28 bits per heavy atom. The van der Waals surface area contributed by atoms with Crippen LogP contribution in [0.4, 0.5) is 5.69 Å². The SMILES string of the molecule is CCCn1nccc1C(=O)Cc1ccc(N)cc1. The van der Waals surface area contributed by atoms with Crippen LogP contribution in [0.2, 0.25) is 0 Å². The normalized spacial score (nSPS) is 10.5. The number of hydrogen-bond donors (Lipinski definition) is 1. The second-order valence-electron chi connectivity index (χ2n) is 4.28. The number of carbonyl (C=O) groups excluding carboxylic acids is 1. The monoisotopic (exact) mass is 243 g/mol. The smallest absolute Gasteiger partial charge is 0.185 e. The summed E-state index contributed by atoms with van der Waals surface area (Å²) in [5.41, 5.74) is 7.97. The molecule has 4 nitrogen and oxygen atoms in total. The molecule has 2 rings (SSSR count). The summed E-state index contributed by atoms with van der Waals surface area (Å²) >= 11 is 0. The van der Waals surface area contributed by atoms with E-state index in [-0.39, 0.29) is 5.78 Å². The van der Waals surface area contributed by atoms with Crippen LogP contribution in [0.5, 0.6) is 0 Å². The van der Waals surface area contributed by atoms with Crippen molar-refractivity contribution >= 4 is 11.5 Å². The number of aromatic nitrogens is 2. The van der Waals surface area contributed by atoms with E-state index >= 15 is 0 Å². The molecule has 0 aliphatic heterocycles. The largest absolute Gasteiger partial charge is 0.399 e. The van der Waals surface area contributed by atoms with Crippen molar-refractivity contribution < 1.29 is 4.79 Å². The molecule has 94 valence electrons. The van der Waals surface area contributed by atoms with Crippen molar-refractivity contribution in [3.63, 3.8) is 0 Å². The lowest BCUT2D eigenvalue weighted by molar-refractivity contribution is 0.0982. The first-order valence-electron chi connectivity index (χ1n) is 6.10. The second-order valence-corrected chi connectivity index (χ2v) is 4.28. The van der Waals surface area contributed by atoms with Crippen molar-refractivity contribution in [2.45, 2.75) is 26.3 Å². The number of nitrogen functional groups attached to an aromatic ring is 1. The van der Waals surface area contributed by atoms with Crippen LogP contribution in [0.1, 0.15) is 29.4 Å². The van der Waals surface area contributed by atoms with Gasteiger partial charge in [-0.2, -0.15) is 5.10 Å². The number of rotatable bonds is 5. The van der Waals surface area contributed by atoms with Crippen molar-refractivity contribution in [1.82, 2.24) is 9.78 Å². The van der Waals surface area contributed by atoms with E-state index in [1.54, 1.807) is 16.9 Å². The molecule has 0 fully saturated rings. The number of nitrogens with zero attached hydrogens (tertiary/aromatic N) is 2. The zero-order valence-electron chi connectivity index (χ0n) is 10.5. The predicted molar refractivity (Wildman–Crippen MR) is 71.4 cm³/mol. The molecule has 0 aliphatic rings. The Morgan fingerprint density at radius 2 is 2.00 bits per heavy atom. The summed E-state index contributed by atoms with van der Waals surface area (Å²) < 4.78 is 1.76. The van der Waals surface area contributed by atoms with Gasteiger partial charge in [-0.3, -0.25) is 9.48 Å². The quantitative estimate of drug-likeness (QED) is 0.647. The van der Waals surface area contributed by atoms with Crippen LogP contribution in [0.3, 0.4) is 0 Å².